The second-order valence-electron chi connectivity index (χ2n) is 5.23. The molecule has 25 heavy (non-hydrogen) atoms. The Morgan fingerprint density at radius 3 is 2.44 bits per heavy atom. The molecule has 0 bridgehead atoms. The quantitative estimate of drug-likeness (QED) is 0.735. The van der Waals surface area contributed by atoms with Gasteiger partial charge in [0.05, 0.1) is 17.1 Å². The SMILES string of the molecule is O=C(O)Oc1cn(Cc2cc(F)cc(F)c2)c2c(F)cccc2c1=O. The number of pyridine rings is 1. The predicted octanol–water partition coefficient (Wildman–Crippen LogP) is 3.52. The fraction of sp³-hybridized carbons (Fsp3) is 0.0588. The van der Waals surface area contributed by atoms with Gasteiger partial charge >= 0.3 is 6.16 Å². The van der Waals surface area contributed by atoms with Gasteiger partial charge in [-0.3, -0.25) is 4.79 Å². The number of nitrogens with zero attached hydrogens (tertiary/aromatic N) is 1. The molecular formula is C17H10F3NO4. The van der Waals surface area contributed by atoms with Crippen LogP contribution >= 0.6 is 0 Å². The highest BCUT2D eigenvalue weighted by atomic mass is 19.1. The number of carbonyl (C=O) groups is 1. The van der Waals surface area contributed by atoms with Crippen molar-refractivity contribution in [1.82, 2.24) is 4.57 Å². The van der Waals surface area contributed by atoms with Crippen LogP contribution in [-0.2, 0) is 6.54 Å². The van der Waals surface area contributed by atoms with Crippen molar-refractivity contribution in [2.75, 3.05) is 0 Å². The lowest BCUT2D eigenvalue weighted by Gasteiger charge is -2.13. The second kappa shape index (κ2) is 6.31. The van der Waals surface area contributed by atoms with Crippen molar-refractivity contribution in [2.24, 2.45) is 0 Å². The summed E-state index contributed by atoms with van der Waals surface area (Å²) in [6, 6.07) is 6.49. The average molecular weight is 349 g/mol. The van der Waals surface area contributed by atoms with Crippen molar-refractivity contribution < 1.29 is 27.8 Å². The van der Waals surface area contributed by atoms with Gasteiger partial charge in [-0.1, -0.05) is 6.07 Å². The van der Waals surface area contributed by atoms with Gasteiger partial charge < -0.3 is 14.4 Å². The Morgan fingerprint density at radius 1 is 1.12 bits per heavy atom. The van der Waals surface area contributed by atoms with Crippen LogP contribution in [0, 0.1) is 17.5 Å². The maximum absolute atomic E-state index is 14.2. The van der Waals surface area contributed by atoms with Gasteiger partial charge in [-0.2, -0.15) is 0 Å². The first-order valence-corrected chi connectivity index (χ1v) is 7.02. The molecule has 0 aliphatic heterocycles. The van der Waals surface area contributed by atoms with Crippen LogP contribution < -0.4 is 10.2 Å². The van der Waals surface area contributed by atoms with Gasteiger partial charge in [0.1, 0.15) is 17.5 Å². The van der Waals surface area contributed by atoms with Crippen molar-refractivity contribution in [3.63, 3.8) is 0 Å². The molecule has 0 saturated carbocycles. The summed E-state index contributed by atoms with van der Waals surface area (Å²) in [5.41, 5.74) is -0.777. The minimum absolute atomic E-state index is 0.115. The predicted molar refractivity (Wildman–Crippen MR) is 82.3 cm³/mol. The van der Waals surface area contributed by atoms with Crippen LogP contribution in [0.25, 0.3) is 10.9 Å². The first-order valence-electron chi connectivity index (χ1n) is 7.02. The van der Waals surface area contributed by atoms with Gasteiger partial charge in [0.25, 0.3) is 0 Å². The maximum Gasteiger partial charge on any atom is 0.511 e. The number of hydrogen-bond donors (Lipinski definition) is 1. The summed E-state index contributed by atoms with van der Waals surface area (Å²) in [5.74, 6) is -2.92. The molecule has 0 spiro atoms. The molecule has 0 radical (unpaired) electrons. The van der Waals surface area contributed by atoms with Crippen LogP contribution in [0.1, 0.15) is 5.56 Å². The monoisotopic (exact) mass is 349 g/mol. The van der Waals surface area contributed by atoms with Gasteiger partial charge in [0.15, 0.2) is 5.75 Å². The molecule has 8 heteroatoms. The largest absolute Gasteiger partial charge is 0.511 e. The van der Waals surface area contributed by atoms with Gasteiger partial charge in [0.2, 0.25) is 5.43 Å². The van der Waals surface area contributed by atoms with E-state index in [0.717, 1.165) is 24.4 Å². The molecule has 0 atom stereocenters. The van der Waals surface area contributed by atoms with E-state index in [2.05, 4.69) is 4.74 Å². The molecule has 1 heterocycles. The number of benzene rings is 2. The Hall–Kier alpha value is -3.29. The smallest absolute Gasteiger partial charge is 0.449 e. The number of aromatic nitrogens is 1. The highest BCUT2D eigenvalue weighted by Gasteiger charge is 2.16. The lowest BCUT2D eigenvalue weighted by Crippen LogP contribution is -2.17. The molecule has 0 unspecified atom stereocenters. The molecule has 3 aromatic rings. The Balaban J connectivity index is 2.23. The summed E-state index contributed by atoms with van der Waals surface area (Å²) in [6.07, 6.45) is -0.721. The molecule has 5 nitrogen and oxygen atoms in total. The summed E-state index contributed by atoms with van der Waals surface area (Å²) in [7, 11) is 0. The number of rotatable bonds is 3. The van der Waals surface area contributed by atoms with E-state index in [-0.39, 0.29) is 23.0 Å². The van der Waals surface area contributed by atoms with E-state index >= 15 is 0 Å². The molecule has 0 aliphatic rings. The molecular weight excluding hydrogens is 339 g/mol. The van der Waals surface area contributed by atoms with E-state index in [1.54, 1.807) is 0 Å². The number of carboxylic acid groups (broad SMARTS) is 1. The number of fused-ring (bicyclic) bond motifs is 1. The fourth-order valence-corrected chi connectivity index (χ4v) is 2.58. The average Bonchev–Trinajstić information content (AvgIpc) is 2.50. The Kier molecular flexibility index (Phi) is 4.18. The number of halogens is 3. The topological polar surface area (TPSA) is 68.5 Å². The van der Waals surface area contributed by atoms with E-state index < -0.39 is 34.8 Å². The summed E-state index contributed by atoms with van der Waals surface area (Å²) < 4.78 is 46.5. The summed E-state index contributed by atoms with van der Waals surface area (Å²) in [5, 5.41) is 8.61. The van der Waals surface area contributed by atoms with Crippen LogP contribution in [0.3, 0.4) is 0 Å². The molecule has 1 N–H and O–H groups in total. The van der Waals surface area contributed by atoms with Crippen molar-refractivity contribution in [1.29, 1.82) is 0 Å². The molecule has 128 valence electrons. The highest BCUT2D eigenvalue weighted by Crippen LogP contribution is 2.21. The standard InChI is InChI=1S/C17H10F3NO4/c18-10-4-9(5-11(19)6-10)7-21-8-14(25-17(23)24)16(22)12-2-1-3-13(20)15(12)21/h1-6,8H,7H2,(H,23,24). The Labute approximate surface area is 138 Å². The van der Waals surface area contributed by atoms with Gasteiger partial charge in [-0.05, 0) is 29.8 Å². The van der Waals surface area contributed by atoms with Gasteiger partial charge in [-0.25, -0.2) is 18.0 Å². The van der Waals surface area contributed by atoms with E-state index in [1.807, 2.05) is 0 Å². The van der Waals surface area contributed by atoms with E-state index in [4.69, 9.17) is 5.11 Å². The lowest BCUT2D eigenvalue weighted by molar-refractivity contribution is 0.144. The van der Waals surface area contributed by atoms with Crippen molar-refractivity contribution in [2.45, 2.75) is 6.54 Å². The number of ether oxygens (including phenoxy) is 1. The third kappa shape index (κ3) is 3.32. The van der Waals surface area contributed by atoms with Gasteiger partial charge in [-0.15, -0.1) is 0 Å². The van der Waals surface area contributed by atoms with Crippen LogP contribution in [0.5, 0.6) is 5.75 Å². The van der Waals surface area contributed by atoms with Crippen molar-refractivity contribution in [3.8, 4) is 5.75 Å². The zero-order valence-electron chi connectivity index (χ0n) is 12.5. The third-order valence-electron chi connectivity index (χ3n) is 3.49. The maximum atomic E-state index is 14.2. The van der Waals surface area contributed by atoms with Crippen LogP contribution in [-0.4, -0.2) is 15.8 Å². The number of para-hydroxylation sites is 1. The van der Waals surface area contributed by atoms with E-state index in [1.165, 1.54) is 16.7 Å². The van der Waals surface area contributed by atoms with E-state index in [0.29, 0.717) is 6.07 Å². The summed E-state index contributed by atoms with van der Waals surface area (Å²) in [6.45, 7) is -0.206. The van der Waals surface area contributed by atoms with Crippen LogP contribution in [0.4, 0.5) is 18.0 Å². The molecule has 2 aromatic carbocycles. The zero-order chi connectivity index (χ0) is 18.1. The minimum Gasteiger partial charge on any atom is -0.449 e. The van der Waals surface area contributed by atoms with Crippen LogP contribution in [0.15, 0.2) is 47.4 Å². The Bertz CT molecular complexity index is 1030. The molecule has 0 aliphatic carbocycles. The second-order valence-corrected chi connectivity index (χ2v) is 5.23. The minimum atomic E-state index is -1.71. The molecule has 0 fully saturated rings. The third-order valence-corrected chi connectivity index (χ3v) is 3.49. The highest BCUT2D eigenvalue weighted by molar-refractivity contribution is 5.81. The normalized spacial score (nSPS) is 10.8. The Morgan fingerprint density at radius 2 is 1.80 bits per heavy atom. The first-order chi connectivity index (χ1) is 11.8. The number of hydrogen-bond acceptors (Lipinski definition) is 3. The van der Waals surface area contributed by atoms with Crippen molar-refractivity contribution in [3.05, 3.63) is 75.8 Å². The summed E-state index contributed by atoms with van der Waals surface area (Å²) in [4.78, 5) is 23.0. The molecule has 0 saturated heterocycles. The summed E-state index contributed by atoms with van der Waals surface area (Å²) >= 11 is 0. The molecule has 0 amide bonds. The zero-order valence-corrected chi connectivity index (χ0v) is 12.5. The first kappa shape index (κ1) is 16.6. The molecule has 3 rings (SSSR count). The molecule has 1 aromatic heterocycles. The lowest BCUT2D eigenvalue weighted by atomic mass is 10.1. The van der Waals surface area contributed by atoms with Crippen LogP contribution in [0.2, 0.25) is 0 Å². The van der Waals surface area contributed by atoms with Gasteiger partial charge in [0, 0.05) is 12.6 Å². The van der Waals surface area contributed by atoms with Crippen molar-refractivity contribution >= 4 is 17.1 Å². The fourth-order valence-electron chi connectivity index (χ4n) is 2.58. The van der Waals surface area contributed by atoms with E-state index in [9.17, 15) is 22.8 Å².